The number of hydrogen-bond acceptors (Lipinski definition) is 4. The second-order valence-corrected chi connectivity index (χ2v) is 4.25. The van der Waals surface area contributed by atoms with Crippen molar-refractivity contribution in [2.75, 3.05) is 26.2 Å². The summed E-state index contributed by atoms with van der Waals surface area (Å²) in [7, 11) is 0. The molecular formula is C12H14FN3O. The molecule has 0 atom stereocenters. The van der Waals surface area contributed by atoms with Gasteiger partial charge in [0.2, 0.25) is 5.89 Å². The summed E-state index contributed by atoms with van der Waals surface area (Å²) in [5.74, 6) is 0.382. The molecule has 90 valence electrons. The number of aromatic nitrogens is 1. The first-order valence-corrected chi connectivity index (χ1v) is 5.79. The van der Waals surface area contributed by atoms with Crippen molar-refractivity contribution < 1.29 is 8.81 Å². The van der Waals surface area contributed by atoms with Crippen LogP contribution in [0.15, 0.2) is 22.6 Å². The summed E-state index contributed by atoms with van der Waals surface area (Å²) >= 11 is 0. The average molecular weight is 235 g/mol. The van der Waals surface area contributed by atoms with Crippen molar-refractivity contribution in [2.45, 2.75) is 6.54 Å². The van der Waals surface area contributed by atoms with Crippen LogP contribution in [-0.2, 0) is 6.54 Å². The molecule has 1 aromatic carbocycles. The summed E-state index contributed by atoms with van der Waals surface area (Å²) in [6, 6.07) is 4.42. The minimum absolute atomic E-state index is 0.278. The maximum absolute atomic E-state index is 13.0. The zero-order chi connectivity index (χ0) is 11.7. The summed E-state index contributed by atoms with van der Waals surface area (Å²) in [6.45, 7) is 4.67. The molecule has 3 rings (SSSR count). The van der Waals surface area contributed by atoms with E-state index in [9.17, 15) is 4.39 Å². The molecule has 17 heavy (non-hydrogen) atoms. The molecule has 1 aliphatic rings. The largest absolute Gasteiger partial charge is 0.439 e. The van der Waals surface area contributed by atoms with E-state index in [0.717, 1.165) is 26.2 Å². The first-order valence-electron chi connectivity index (χ1n) is 5.79. The molecule has 1 aromatic heterocycles. The van der Waals surface area contributed by atoms with Gasteiger partial charge in [-0.05, 0) is 12.1 Å². The number of piperazine rings is 1. The van der Waals surface area contributed by atoms with E-state index >= 15 is 0 Å². The Labute approximate surface area is 98.4 Å². The molecule has 1 N–H and O–H groups in total. The maximum Gasteiger partial charge on any atom is 0.209 e. The van der Waals surface area contributed by atoms with E-state index in [0.29, 0.717) is 23.5 Å². The van der Waals surface area contributed by atoms with E-state index < -0.39 is 0 Å². The lowest BCUT2D eigenvalue weighted by atomic mass is 10.3. The first kappa shape index (κ1) is 10.7. The second kappa shape index (κ2) is 4.43. The molecule has 0 radical (unpaired) electrons. The molecule has 2 heterocycles. The van der Waals surface area contributed by atoms with Crippen molar-refractivity contribution in [3.05, 3.63) is 29.9 Å². The molecule has 4 nitrogen and oxygen atoms in total. The molecule has 1 saturated heterocycles. The Morgan fingerprint density at radius 3 is 3.00 bits per heavy atom. The third-order valence-corrected chi connectivity index (χ3v) is 2.96. The zero-order valence-electron chi connectivity index (χ0n) is 9.45. The van der Waals surface area contributed by atoms with Crippen LogP contribution < -0.4 is 5.32 Å². The van der Waals surface area contributed by atoms with Gasteiger partial charge in [0.05, 0.1) is 6.54 Å². The average Bonchev–Trinajstić information content (AvgIpc) is 2.71. The van der Waals surface area contributed by atoms with Gasteiger partial charge in [-0.1, -0.05) is 0 Å². The van der Waals surface area contributed by atoms with Crippen LogP contribution in [-0.4, -0.2) is 36.1 Å². The molecule has 1 fully saturated rings. The van der Waals surface area contributed by atoms with Crippen molar-refractivity contribution in [1.82, 2.24) is 15.2 Å². The fourth-order valence-corrected chi connectivity index (χ4v) is 2.08. The minimum atomic E-state index is -0.278. The highest BCUT2D eigenvalue weighted by atomic mass is 19.1. The van der Waals surface area contributed by atoms with Crippen molar-refractivity contribution in [2.24, 2.45) is 0 Å². The highest BCUT2D eigenvalue weighted by molar-refractivity contribution is 5.72. The summed E-state index contributed by atoms with van der Waals surface area (Å²) in [5, 5.41) is 3.29. The molecule has 0 spiro atoms. The Bertz CT molecular complexity index is 519. The predicted molar refractivity (Wildman–Crippen MR) is 62.1 cm³/mol. The highest BCUT2D eigenvalue weighted by Gasteiger charge is 2.13. The molecule has 1 aliphatic heterocycles. The summed E-state index contributed by atoms with van der Waals surface area (Å²) in [5.41, 5.74) is 1.24. The standard InChI is InChI=1S/C12H14FN3O/c13-9-1-2-11-10(7-9)15-12(17-11)8-16-5-3-14-4-6-16/h1-2,7,14H,3-6,8H2. The molecule has 0 unspecified atom stereocenters. The lowest BCUT2D eigenvalue weighted by molar-refractivity contribution is 0.214. The van der Waals surface area contributed by atoms with E-state index in [4.69, 9.17) is 4.42 Å². The quantitative estimate of drug-likeness (QED) is 0.853. The van der Waals surface area contributed by atoms with Gasteiger partial charge < -0.3 is 9.73 Å². The van der Waals surface area contributed by atoms with E-state index in [-0.39, 0.29) is 5.82 Å². The van der Waals surface area contributed by atoms with E-state index in [2.05, 4.69) is 15.2 Å². The molecule has 0 amide bonds. The van der Waals surface area contributed by atoms with Crippen molar-refractivity contribution in [3.8, 4) is 0 Å². The summed E-state index contributed by atoms with van der Waals surface area (Å²) in [4.78, 5) is 6.57. The van der Waals surface area contributed by atoms with Crippen molar-refractivity contribution in [1.29, 1.82) is 0 Å². The van der Waals surface area contributed by atoms with E-state index in [1.54, 1.807) is 6.07 Å². The van der Waals surface area contributed by atoms with Gasteiger partial charge in [0, 0.05) is 32.2 Å². The van der Waals surface area contributed by atoms with Gasteiger partial charge in [-0.2, -0.15) is 0 Å². The van der Waals surface area contributed by atoms with Crippen LogP contribution in [0.25, 0.3) is 11.1 Å². The Kier molecular flexibility index (Phi) is 2.78. The molecule has 2 aromatic rings. The van der Waals surface area contributed by atoms with Crippen LogP contribution in [0.4, 0.5) is 4.39 Å². The second-order valence-electron chi connectivity index (χ2n) is 4.25. The van der Waals surface area contributed by atoms with Gasteiger partial charge in [-0.15, -0.1) is 0 Å². The number of nitrogens with zero attached hydrogens (tertiary/aromatic N) is 2. The lowest BCUT2D eigenvalue weighted by Crippen LogP contribution is -2.42. The smallest absolute Gasteiger partial charge is 0.209 e. The summed E-state index contributed by atoms with van der Waals surface area (Å²) < 4.78 is 18.6. The molecule has 5 heteroatoms. The van der Waals surface area contributed by atoms with Crippen LogP contribution in [0, 0.1) is 5.82 Å². The van der Waals surface area contributed by atoms with Gasteiger partial charge in [0.1, 0.15) is 11.3 Å². The minimum Gasteiger partial charge on any atom is -0.439 e. The van der Waals surface area contributed by atoms with E-state index in [1.165, 1.54) is 12.1 Å². The molecular weight excluding hydrogens is 221 g/mol. The first-order chi connectivity index (χ1) is 8.31. The Hall–Kier alpha value is -1.46. The normalized spacial score (nSPS) is 17.7. The van der Waals surface area contributed by atoms with Crippen LogP contribution in [0.1, 0.15) is 5.89 Å². The molecule has 0 bridgehead atoms. The van der Waals surface area contributed by atoms with Crippen molar-refractivity contribution in [3.63, 3.8) is 0 Å². The molecule has 0 saturated carbocycles. The Morgan fingerprint density at radius 2 is 2.18 bits per heavy atom. The highest BCUT2D eigenvalue weighted by Crippen LogP contribution is 2.17. The van der Waals surface area contributed by atoms with Crippen LogP contribution >= 0.6 is 0 Å². The SMILES string of the molecule is Fc1ccc2oc(CN3CCNCC3)nc2c1. The van der Waals surface area contributed by atoms with E-state index in [1.807, 2.05) is 0 Å². The predicted octanol–water partition coefficient (Wildman–Crippen LogP) is 1.37. The number of nitrogens with one attached hydrogen (secondary N) is 1. The number of benzene rings is 1. The van der Waals surface area contributed by atoms with Crippen LogP contribution in [0.2, 0.25) is 0 Å². The molecule has 0 aliphatic carbocycles. The fourth-order valence-electron chi connectivity index (χ4n) is 2.08. The summed E-state index contributed by atoms with van der Waals surface area (Å²) in [6.07, 6.45) is 0. The van der Waals surface area contributed by atoms with Crippen LogP contribution in [0.3, 0.4) is 0 Å². The third kappa shape index (κ3) is 2.30. The van der Waals surface area contributed by atoms with Crippen molar-refractivity contribution >= 4 is 11.1 Å². The van der Waals surface area contributed by atoms with Gasteiger partial charge in [0.15, 0.2) is 5.58 Å². The number of rotatable bonds is 2. The van der Waals surface area contributed by atoms with Gasteiger partial charge in [-0.3, -0.25) is 4.90 Å². The number of halogens is 1. The van der Waals surface area contributed by atoms with Gasteiger partial charge in [-0.25, -0.2) is 9.37 Å². The monoisotopic (exact) mass is 235 g/mol. The topological polar surface area (TPSA) is 41.3 Å². The fraction of sp³-hybridized carbons (Fsp3) is 0.417. The van der Waals surface area contributed by atoms with Gasteiger partial charge in [0.25, 0.3) is 0 Å². The number of hydrogen-bond donors (Lipinski definition) is 1. The zero-order valence-corrected chi connectivity index (χ0v) is 9.45. The third-order valence-electron chi connectivity index (χ3n) is 2.96. The number of oxazole rings is 1. The Balaban J connectivity index is 1.80. The maximum atomic E-state index is 13.0. The van der Waals surface area contributed by atoms with Gasteiger partial charge >= 0.3 is 0 Å². The number of fused-ring (bicyclic) bond motifs is 1. The Morgan fingerprint density at radius 1 is 1.35 bits per heavy atom. The van der Waals surface area contributed by atoms with Crippen LogP contribution in [0.5, 0.6) is 0 Å². The lowest BCUT2D eigenvalue weighted by Gasteiger charge is -2.25.